The third kappa shape index (κ3) is 6.11. The van der Waals surface area contributed by atoms with E-state index < -0.39 is 19.2 Å². The first-order chi connectivity index (χ1) is 15.3. The third-order valence-corrected chi connectivity index (χ3v) is 5.92. The summed E-state index contributed by atoms with van der Waals surface area (Å²) in [5.74, 6) is -0.256. The number of carbonyl (C=O) groups excluding carboxylic acids is 2. The minimum atomic E-state index is -0.738. The average Bonchev–Trinajstić information content (AvgIpc) is 3.33. The smallest absolute Gasteiger partial charge is 0.410 e. The summed E-state index contributed by atoms with van der Waals surface area (Å²) < 4.78 is 7.47. The van der Waals surface area contributed by atoms with Crippen molar-refractivity contribution in [2.24, 2.45) is 0 Å². The molecule has 9 nitrogen and oxygen atoms in total. The van der Waals surface area contributed by atoms with Crippen molar-refractivity contribution < 1.29 is 19.3 Å². The lowest BCUT2D eigenvalue weighted by molar-refractivity contribution is -0.127. The Morgan fingerprint density at radius 3 is 2.69 bits per heavy atom. The molecule has 0 bridgehead atoms. The zero-order valence-corrected chi connectivity index (χ0v) is 19.0. The second-order valence-electron chi connectivity index (χ2n) is 8.70. The second kappa shape index (κ2) is 10.6. The van der Waals surface area contributed by atoms with Crippen LogP contribution in [0.5, 0.6) is 0 Å². The number of piperazine rings is 1. The first-order valence-electron chi connectivity index (χ1n) is 10.9. The molecule has 0 radical (unpaired) electrons. The van der Waals surface area contributed by atoms with Crippen LogP contribution in [0.15, 0.2) is 49.1 Å². The molecule has 0 saturated carbocycles. The molecule has 1 saturated heterocycles. The fourth-order valence-electron chi connectivity index (χ4n) is 3.74. The van der Waals surface area contributed by atoms with Crippen LogP contribution in [0.3, 0.4) is 0 Å². The van der Waals surface area contributed by atoms with E-state index in [9.17, 15) is 14.6 Å². The van der Waals surface area contributed by atoms with Crippen LogP contribution in [0.1, 0.15) is 25.8 Å². The summed E-state index contributed by atoms with van der Waals surface area (Å²) in [6, 6.07) is 8.68. The van der Waals surface area contributed by atoms with Crippen molar-refractivity contribution in [2.75, 3.05) is 26.2 Å². The molecular weight excluding hydrogens is 409 g/mol. The predicted octanol–water partition coefficient (Wildman–Crippen LogP) is 1.56. The minimum absolute atomic E-state index is 0.143. The molecule has 1 aromatic carbocycles. The maximum absolute atomic E-state index is 13.0. The van der Waals surface area contributed by atoms with E-state index in [1.807, 2.05) is 41.1 Å². The Bertz CT molecular complexity index is 876. The summed E-state index contributed by atoms with van der Waals surface area (Å²) in [4.78, 5) is 33.1. The number of carbonyl (C=O) groups is 2. The number of nitrogens with one attached hydrogen (secondary N) is 1. The molecule has 1 fully saturated rings. The molecule has 172 valence electrons. The van der Waals surface area contributed by atoms with Crippen LogP contribution in [0.4, 0.5) is 4.79 Å². The van der Waals surface area contributed by atoms with Crippen molar-refractivity contribution in [3.63, 3.8) is 0 Å². The molecule has 32 heavy (non-hydrogen) atoms. The summed E-state index contributed by atoms with van der Waals surface area (Å²) in [6.07, 6.45) is 5.55. The molecule has 0 spiro atoms. The van der Waals surface area contributed by atoms with Crippen molar-refractivity contribution in [2.45, 2.75) is 45.3 Å². The number of aromatic nitrogens is 2. The predicted molar refractivity (Wildman–Crippen MR) is 122 cm³/mol. The number of amides is 2. The van der Waals surface area contributed by atoms with Crippen LogP contribution in [-0.4, -0.2) is 75.6 Å². The lowest BCUT2D eigenvalue weighted by atomic mass is 9.83. The van der Waals surface area contributed by atoms with Gasteiger partial charge in [0.15, 0.2) is 0 Å². The molecule has 1 atom stereocenters. The van der Waals surface area contributed by atoms with Gasteiger partial charge < -0.3 is 24.5 Å². The SMILES string of the molecule is CB(O)N1CCN(C(=O)OCc2ccccc2)[C@@H](C(=O)NCCC(C)(C)n2ccnc2)C1. The molecule has 3 rings (SSSR count). The Labute approximate surface area is 189 Å². The summed E-state index contributed by atoms with van der Waals surface area (Å²) in [6.45, 7) is 7.41. The first kappa shape index (κ1) is 23.8. The summed E-state index contributed by atoms with van der Waals surface area (Å²) >= 11 is 0. The van der Waals surface area contributed by atoms with Gasteiger partial charge in [0.05, 0.1) is 6.33 Å². The molecular formula is C22H32BN5O4. The molecule has 0 aliphatic carbocycles. The average molecular weight is 441 g/mol. The van der Waals surface area contributed by atoms with Crippen LogP contribution in [0.2, 0.25) is 6.82 Å². The van der Waals surface area contributed by atoms with E-state index in [0.29, 0.717) is 26.1 Å². The Balaban J connectivity index is 1.60. The lowest BCUT2D eigenvalue weighted by Crippen LogP contribution is -2.63. The highest BCUT2D eigenvalue weighted by molar-refractivity contribution is 6.45. The number of benzene rings is 1. The van der Waals surface area contributed by atoms with Gasteiger partial charge in [-0.2, -0.15) is 0 Å². The fraction of sp³-hybridized carbons (Fsp3) is 0.500. The number of imidazole rings is 1. The van der Waals surface area contributed by atoms with Gasteiger partial charge in [0.25, 0.3) is 0 Å². The van der Waals surface area contributed by atoms with E-state index in [0.717, 1.165) is 5.56 Å². The van der Waals surface area contributed by atoms with Crippen molar-refractivity contribution in [3.05, 3.63) is 54.6 Å². The topological polar surface area (TPSA) is 99.9 Å². The second-order valence-corrected chi connectivity index (χ2v) is 8.70. The van der Waals surface area contributed by atoms with Crippen molar-refractivity contribution in [1.29, 1.82) is 0 Å². The standard InChI is InChI=1S/C22H32BN5O4/c1-22(2,26-12-11-24-17-26)9-10-25-20(29)19-15-27(23(3)31)13-14-28(19)21(30)32-16-18-7-5-4-6-8-18/h4-8,11-12,17,19,31H,9-10,13-16H2,1-3H3,(H,25,29)/t19-/m1/s1. The Kier molecular flexibility index (Phi) is 7.92. The number of ether oxygens (including phenoxy) is 1. The van der Waals surface area contributed by atoms with Gasteiger partial charge >= 0.3 is 13.1 Å². The van der Waals surface area contributed by atoms with Gasteiger partial charge in [-0.15, -0.1) is 0 Å². The first-order valence-corrected chi connectivity index (χ1v) is 10.9. The normalized spacial score (nSPS) is 17.1. The molecule has 2 heterocycles. The Morgan fingerprint density at radius 1 is 1.28 bits per heavy atom. The van der Waals surface area contributed by atoms with Crippen LogP contribution >= 0.6 is 0 Å². The highest BCUT2D eigenvalue weighted by atomic mass is 16.6. The molecule has 1 aliphatic rings. The van der Waals surface area contributed by atoms with E-state index in [1.165, 1.54) is 4.90 Å². The van der Waals surface area contributed by atoms with E-state index in [2.05, 4.69) is 24.1 Å². The van der Waals surface area contributed by atoms with Crippen molar-refractivity contribution in [3.8, 4) is 0 Å². The van der Waals surface area contributed by atoms with Gasteiger partial charge in [0, 0.05) is 44.1 Å². The maximum Gasteiger partial charge on any atom is 0.410 e. The lowest BCUT2D eigenvalue weighted by Gasteiger charge is -2.40. The monoisotopic (exact) mass is 441 g/mol. The van der Waals surface area contributed by atoms with Gasteiger partial charge in [0.2, 0.25) is 5.91 Å². The Morgan fingerprint density at radius 2 is 2.03 bits per heavy atom. The largest absolute Gasteiger partial charge is 0.445 e. The quantitative estimate of drug-likeness (QED) is 0.604. The molecule has 10 heteroatoms. The zero-order chi connectivity index (χ0) is 23.1. The molecule has 0 unspecified atom stereocenters. The molecule has 2 aromatic rings. The van der Waals surface area contributed by atoms with Gasteiger partial charge in [-0.3, -0.25) is 9.69 Å². The zero-order valence-electron chi connectivity index (χ0n) is 19.0. The number of rotatable bonds is 8. The van der Waals surface area contributed by atoms with Gasteiger partial charge in [-0.1, -0.05) is 30.3 Å². The van der Waals surface area contributed by atoms with E-state index in [4.69, 9.17) is 4.74 Å². The van der Waals surface area contributed by atoms with E-state index in [1.54, 1.807) is 24.2 Å². The molecule has 1 aliphatic heterocycles. The molecule has 1 aromatic heterocycles. The highest BCUT2D eigenvalue weighted by Gasteiger charge is 2.38. The summed E-state index contributed by atoms with van der Waals surface area (Å²) in [5, 5.41) is 13.0. The van der Waals surface area contributed by atoms with E-state index in [-0.39, 0.29) is 24.6 Å². The van der Waals surface area contributed by atoms with Crippen LogP contribution in [-0.2, 0) is 21.7 Å². The highest BCUT2D eigenvalue weighted by Crippen LogP contribution is 2.19. The third-order valence-electron chi connectivity index (χ3n) is 5.92. The van der Waals surface area contributed by atoms with Crippen LogP contribution in [0.25, 0.3) is 0 Å². The summed E-state index contributed by atoms with van der Waals surface area (Å²) in [5.41, 5.74) is 0.669. The maximum atomic E-state index is 13.0. The Hall–Kier alpha value is -2.85. The number of hydrogen-bond donors (Lipinski definition) is 2. The molecule has 2 amide bonds. The minimum Gasteiger partial charge on any atom is -0.445 e. The number of nitrogens with zero attached hydrogens (tertiary/aromatic N) is 4. The van der Waals surface area contributed by atoms with E-state index >= 15 is 0 Å². The number of hydrogen-bond acceptors (Lipinski definition) is 6. The van der Waals surface area contributed by atoms with Crippen molar-refractivity contribution >= 4 is 19.1 Å². The van der Waals surface area contributed by atoms with Crippen LogP contribution < -0.4 is 5.32 Å². The van der Waals surface area contributed by atoms with Gasteiger partial charge in [-0.05, 0) is 32.7 Å². The van der Waals surface area contributed by atoms with Gasteiger partial charge in [0.1, 0.15) is 12.6 Å². The molecule has 2 N–H and O–H groups in total. The fourth-order valence-corrected chi connectivity index (χ4v) is 3.74. The summed E-state index contributed by atoms with van der Waals surface area (Å²) in [7, 11) is -0.701. The van der Waals surface area contributed by atoms with Crippen molar-refractivity contribution in [1.82, 2.24) is 24.6 Å². The van der Waals surface area contributed by atoms with Gasteiger partial charge in [-0.25, -0.2) is 9.78 Å². The van der Waals surface area contributed by atoms with Crippen LogP contribution in [0, 0.1) is 0 Å².